The SMILES string of the molecule is COc1ccccc1N1CCN(C(=O)c2cccnc2Oc2ccc(C(=O)O)cc2)CC1. The molecule has 0 radical (unpaired) electrons. The number of ether oxygens (including phenoxy) is 2. The van der Waals surface area contributed by atoms with Gasteiger partial charge in [0.25, 0.3) is 5.91 Å². The molecule has 0 aliphatic carbocycles. The maximum Gasteiger partial charge on any atom is 0.335 e. The molecule has 4 rings (SSSR count). The van der Waals surface area contributed by atoms with Gasteiger partial charge in [0.2, 0.25) is 5.88 Å². The molecule has 0 spiro atoms. The van der Waals surface area contributed by atoms with Crippen molar-refractivity contribution >= 4 is 17.6 Å². The van der Waals surface area contributed by atoms with Crippen molar-refractivity contribution in [3.05, 3.63) is 78.0 Å². The van der Waals surface area contributed by atoms with E-state index in [1.54, 1.807) is 42.5 Å². The van der Waals surface area contributed by atoms with Crippen LogP contribution in [0, 0.1) is 0 Å². The second kappa shape index (κ2) is 9.38. The number of carbonyl (C=O) groups is 2. The molecule has 1 amide bonds. The van der Waals surface area contributed by atoms with Crippen LogP contribution in [-0.4, -0.2) is 60.2 Å². The lowest BCUT2D eigenvalue weighted by molar-refractivity contribution is 0.0695. The number of nitrogens with zero attached hydrogens (tertiary/aromatic N) is 3. The Kier molecular flexibility index (Phi) is 6.21. The quantitative estimate of drug-likeness (QED) is 0.636. The lowest BCUT2D eigenvalue weighted by atomic mass is 10.2. The Balaban J connectivity index is 1.46. The first-order valence-corrected chi connectivity index (χ1v) is 10.2. The fourth-order valence-electron chi connectivity index (χ4n) is 3.62. The molecule has 3 aromatic rings. The molecule has 1 saturated heterocycles. The third kappa shape index (κ3) is 4.49. The number of carboxylic acid groups (broad SMARTS) is 1. The Morgan fingerprint density at radius 3 is 2.34 bits per heavy atom. The molecule has 8 nitrogen and oxygen atoms in total. The summed E-state index contributed by atoms with van der Waals surface area (Å²) in [6, 6.07) is 17.2. The minimum atomic E-state index is -1.02. The van der Waals surface area contributed by atoms with Gasteiger partial charge in [-0.3, -0.25) is 4.79 Å². The summed E-state index contributed by atoms with van der Waals surface area (Å²) in [5.74, 6) is 0.230. The van der Waals surface area contributed by atoms with Crippen LogP contribution < -0.4 is 14.4 Å². The molecule has 0 bridgehead atoms. The Morgan fingerprint density at radius 2 is 1.66 bits per heavy atom. The van der Waals surface area contributed by atoms with E-state index in [4.69, 9.17) is 14.6 Å². The number of carboxylic acids is 1. The zero-order chi connectivity index (χ0) is 22.5. The molecule has 2 aromatic carbocycles. The molecule has 1 aliphatic rings. The highest BCUT2D eigenvalue weighted by Gasteiger charge is 2.26. The van der Waals surface area contributed by atoms with Crippen molar-refractivity contribution in [2.75, 3.05) is 38.2 Å². The average molecular weight is 433 g/mol. The zero-order valence-corrected chi connectivity index (χ0v) is 17.6. The molecule has 1 N–H and O–H groups in total. The Morgan fingerprint density at radius 1 is 0.938 bits per heavy atom. The predicted molar refractivity (Wildman–Crippen MR) is 119 cm³/mol. The van der Waals surface area contributed by atoms with E-state index in [0.29, 0.717) is 37.5 Å². The summed E-state index contributed by atoms with van der Waals surface area (Å²) < 4.78 is 11.3. The van der Waals surface area contributed by atoms with Crippen molar-refractivity contribution in [1.29, 1.82) is 0 Å². The highest BCUT2D eigenvalue weighted by Crippen LogP contribution is 2.29. The standard InChI is InChI=1S/C24H23N3O5/c1-31-21-7-3-2-6-20(21)26-13-15-27(16-14-26)23(28)19-5-4-12-25-22(19)32-18-10-8-17(9-11-18)24(29)30/h2-12H,13-16H2,1H3,(H,29,30). The molecule has 32 heavy (non-hydrogen) atoms. The van der Waals surface area contributed by atoms with Gasteiger partial charge in [0.1, 0.15) is 17.1 Å². The monoisotopic (exact) mass is 433 g/mol. The molecular formula is C24H23N3O5. The van der Waals surface area contributed by atoms with Gasteiger partial charge in [0.05, 0.1) is 18.4 Å². The van der Waals surface area contributed by atoms with E-state index in [2.05, 4.69) is 9.88 Å². The number of aromatic carboxylic acids is 1. The lowest BCUT2D eigenvalue weighted by Crippen LogP contribution is -2.49. The van der Waals surface area contributed by atoms with Gasteiger partial charge in [-0.15, -0.1) is 0 Å². The average Bonchev–Trinajstić information content (AvgIpc) is 2.84. The number of carbonyl (C=O) groups excluding carboxylic acids is 1. The van der Waals surface area contributed by atoms with Crippen molar-refractivity contribution in [2.45, 2.75) is 0 Å². The van der Waals surface area contributed by atoms with Gasteiger partial charge in [0.15, 0.2) is 0 Å². The number of methoxy groups -OCH3 is 1. The number of anilines is 1. The highest BCUT2D eigenvalue weighted by atomic mass is 16.5. The van der Waals surface area contributed by atoms with Gasteiger partial charge in [0, 0.05) is 32.4 Å². The van der Waals surface area contributed by atoms with E-state index in [0.717, 1.165) is 11.4 Å². The van der Waals surface area contributed by atoms with E-state index in [9.17, 15) is 9.59 Å². The first-order valence-electron chi connectivity index (χ1n) is 10.2. The summed E-state index contributed by atoms with van der Waals surface area (Å²) in [4.78, 5) is 32.4. The molecule has 2 heterocycles. The molecule has 1 aliphatic heterocycles. The molecular weight excluding hydrogens is 410 g/mol. The van der Waals surface area contributed by atoms with Crippen LogP contribution in [0.1, 0.15) is 20.7 Å². The number of hydrogen-bond donors (Lipinski definition) is 1. The molecule has 0 saturated carbocycles. The fourth-order valence-corrected chi connectivity index (χ4v) is 3.62. The number of benzene rings is 2. The van der Waals surface area contributed by atoms with Crippen LogP contribution in [0.5, 0.6) is 17.4 Å². The largest absolute Gasteiger partial charge is 0.495 e. The lowest BCUT2D eigenvalue weighted by Gasteiger charge is -2.36. The first-order chi connectivity index (χ1) is 15.6. The fraction of sp³-hybridized carbons (Fsp3) is 0.208. The number of aromatic nitrogens is 1. The molecule has 164 valence electrons. The molecule has 0 atom stereocenters. The van der Waals surface area contributed by atoms with Gasteiger partial charge >= 0.3 is 5.97 Å². The Hall–Kier alpha value is -4.07. The number of para-hydroxylation sites is 2. The predicted octanol–water partition coefficient (Wildman–Crippen LogP) is 3.54. The van der Waals surface area contributed by atoms with Crippen molar-refractivity contribution < 1.29 is 24.2 Å². The third-order valence-corrected chi connectivity index (χ3v) is 5.31. The summed E-state index contributed by atoms with van der Waals surface area (Å²) >= 11 is 0. The Labute approximate surface area is 185 Å². The molecule has 1 aromatic heterocycles. The Bertz CT molecular complexity index is 1110. The van der Waals surface area contributed by atoms with Crippen molar-refractivity contribution in [3.8, 4) is 17.4 Å². The maximum absolute atomic E-state index is 13.2. The summed E-state index contributed by atoms with van der Waals surface area (Å²) in [7, 11) is 1.65. The normalized spacial score (nSPS) is 13.5. The molecule has 8 heteroatoms. The highest BCUT2D eigenvalue weighted by molar-refractivity contribution is 5.96. The van der Waals surface area contributed by atoms with Gasteiger partial charge in [-0.25, -0.2) is 9.78 Å². The van der Waals surface area contributed by atoms with E-state index >= 15 is 0 Å². The van der Waals surface area contributed by atoms with Crippen molar-refractivity contribution in [1.82, 2.24) is 9.88 Å². The van der Waals surface area contributed by atoms with Gasteiger partial charge in [-0.2, -0.15) is 0 Å². The van der Waals surface area contributed by atoms with Crippen LogP contribution in [0.3, 0.4) is 0 Å². The molecule has 0 unspecified atom stereocenters. The van der Waals surface area contributed by atoms with E-state index in [1.807, 2.05) is 24.3 Å². The zero-order valence-electron chi connectivity index (χ0n) is 17.6. The van der Waals surface area contributed by atoms with Crippen molar-refractivity contribution in [2.24, 2.45) is 0 Å². The number of rotatable bonds is 6. The molecule has 1 fully saturated rings. The number of hydrogen-bond acceptors (Lipinski definition) is 6. The van der Waals surface area contributed by atoms with Crippen molar-refractivity contribution in [3.63, 3.8) is 0 Å². The second-order valence-corrected chi connectivity index (χ2v) is 7.24. The third-order valence-electron chi connectivity index (χ3n) is 5.31. The topological polar surface area (TPSA) is 92.2 Å². The summed E-state index contributed by atoms with van der Waals surface area (Å²) in [6.45, 7) is 2.47. The van der Waals surface area contributed by atoms with E-state index < -0.39 is 5.97 Å². The van der Waals surface area contributed by atoms with Crippen LogP contribution in [0.25, 0.3) is 0 Å². The van der Waals surface area contributed by atoms with Gasteiger partial charge in [-0.05, 0) is 48.5 Å². The number of pyridine rings is 1. The minimum absolute atomic E-state index is 0.155. The van der Waals surface area contributed by atoms with E-state index in [-0.39, 0.29) is 17.4 Å². The van der Waals surface area contributed by atoms with Crippen LogP contribution in [0.2, 0.25) is 0 Å². The van der Waals surface area contributed by atoms with Crippen LogP contribution in [0.15, 0.2) is 66.9 Å². The van der Waals surface area contributed by atoms with Crippen LogP contribution >= 0.6 is 0 Å². The maximum atomic E-state index is 13.2. The minimum Gasteiger partial charge on any atom is -0.495 e. The second-order valence-electron chi connectivity index (χ2n) is 7.24. The van der Waals surface area contributed by atoms with Crippen LogP contribution in [0.4, 0.5) is 5.69 Å². The van der Waals surface area contributed by atoms with Gasteiger partial charge < -0.3 is 24.4 Å². The first kappa shape index (κ1) is 21.2. The van der Waals surface area contributed by atoms with E-state index in [1.165, 1.54) is 12.1 Å². The van der Waals surface area contributed by atoms with Gasteiger partial charge in [-0.1, -0.05) is 12.1 Å². The summed E-state index contributed by atoms with van der Waals surface area (Å²) in [6.07, 6.45) is 1.55. The summed E-state index contributed by atoms with van der Waals surface area (Å²) in [5.41, 5.74) is 1.53. The summed E-state index contributed by atoms with van der Waals surface area (Å²) in [5, 5.41) is 9.03. The van der Waals surface area contributed by atoms with Crippen LogP contribution in [-0.2, 0) is 0 Å². The smallest absolute Gasteiger partial charge is 0.335 e. The number of piperazine rings is 1. The number of amides is 1.